The lowest BCUT2D eigenvalue weighted by molar-refractivity contribution is 0.806. The Bertz CT molecular complexity index is 547. The van der Waals surface area contributed by atoms with E-state index in [1.54, 1.807) is 0 Å². The van der Waals surface area contributed by atoms with E-state index in [0.717, 1.165) is 18.5 Å². The Morgan fingerprint density at radius 2 is 1.89 bits per heavy atom. The zero-order chi connectivity index (χ0) is 13.7. The number of allylic oxidation sites excluding steroid dienone is 6. The molecule has 1 aromatic rings. The monoisotopic (exact) mass is 363 g/mol. The molecule has 0 spiro atoms. The summed E-state index contributed by atoms with van der Waals surface area (Å²) in [6, 6.07) is 8.14. The minimum absolute atomic E-state index is 0.806. The molecule has 0 saturated carbocycles. The van der Waals surface area contributed by atoms with E-state index in [2.05, 4.69) is 57.5 Å². The van der Waals surface area contributed by atoms with Crippen molar-refractivity contribution >= 4 is 33.9 Å². The predicted molar refractivity (Wildman–Crippen MR) is 93.1 cm³/mol. The molecular formula is C17H18IN. The molecule has 0 atom stereocenters. The van der Waals surface area contributed by atoms with Crippen LogP contribution < -0.4 is 5.73 Å². The van der Waals surface area contributed by atoms with Crippen LogP contribution in [-0.2, 0) is 0 Å². The largest absolute Gasteiger partial charge is 0.399 e. The molecule has 1 aromatic carbocycles. The summed E-state index contributed by atoms with van der Waals surface area (Å²) >= 11 is 2.28. The molecule has 2 N–H and O–H groups in total. The first-order valence-corrected chi connectivity index (χ1v) is 7.68. The molecular weight excluding hydrogens is 345 g/mol. The summed E-state index contributed by atoms with van der Waals surface area (Å²) < 4.78 is 2.08. The van der Waals surface area contributed by atoms with Crippen molar-refractivity contribution < 1.29 is 0 Å². The third kappa shape index (κ3) is 3.38. The molecule has 0 fully saturated rings. The zero-order valence-electron chi connectivity index (χ0n) is 10.9. The molecule has 98 valence electrons. The van der Waals surface area contributed by atoms with E-state index in [1.807, 2.05) is 18.2 Å². The lowest BCUT2D eigenvalue weighted by Gasteiger charge is -2.22. The van der Waals surface area contributed by atoms with Crippen molar-refractivity contribution in [1.82, 2.24) is 0 Å². The summed E-state index contributed by atoms with van der Waals surface area (Å²) in [6.07, 6.45) is 9.67. The Morgan fingerprint density at radius 1 is 1.16 bits per heavy atom. The van der Waals surface area contributed by atoms with Gasteiger partial charge in [-0.15, -0.1) is 0 Å². The number of halogens is 1. The fourth-order valence-corrected chi connectivity index (χ4v) is 2.93. The molecule has 0 radical (unpaired) electrons. The van der Waals surface area contributed by atoms with E-state index in [-0.39, 0.29) is 0 Å². The van der Waals surface area contributed by atoms with Crippen molar-refractivity contribution in [3.63, 3.8) is 0 Å². The Kier molecular flexibility index (Phi) is 5.02. The second kappa shape index (κ2) is 6.75. The van der Waals surface area contributed by atoms with Gasteiger partial charge in [0.25, 0.3) is 0 Å². The standard InChI is InChI=1S/C17H18IN/c1-2-4-13-5-3-6-14(11-12-18)17(13)15-7-9-16(19)10-8-15/h2,4,7-12H,1,3,5-6,19H2/b12-11+,13-4?. The molecule has 0 aliphatic heterocycles. The van der Waals surface area contributed by atoms with Crippen molar-refractivity contribution in [3.05, 3.63) is 69.9 Å². The van der Waals surface area contributed by atoms with Gasteiger partial charge in [0, 0.05) is 5.69 Å². The van der Waals surface area contributed by atoms with Crippen LogP contribution >= 0.6 is 22.6 Å². The average Bonchev–Trinajstić information content (AvgIpc) is 2.41. The normalized spacial score (nSPS) is 18.3. The molecule has 1 nitrogen and oxygen atoms in total. The van der Waals surface area contributed by atoms with Crippen molar-refractivity contribution in [1.29, 1.82) is 0 Å². The number of benzene rings is 1. The van der Waals surface area contributed by atoms with Crippen molar-refractivity contribution in [2.75, 3.05) is 5.73 Å². The molecule has 1 aliphatic carbocycles. The number of hydrogen-bond acceptors (Lipinski definition) is 1. The van der Waals surface area contributed by atoms with Crippen LogP contribution in [0, 0.1) is 0 Å². The quantitative estimate of drug-likeness (QED) is 0.575. The highest BCUT2D eigenvalue weighted by molar-refractivity contribution is 14.1. The number of hydrogen-bond donors (Lipinski definition) is 1. The van der Waals surface area contributed by atoms with E-state index in [1.165, 1.54) is 28.7 Å². The first-order valence-electron chi connectivity index (χ1n) is 6.44. The van der Waals surface area contributed by atoms with Crippen LogP contribution in [-0.4, -0.2) is 0 Å². The lowest BCUT2D eigenvalue weighted by Crippen LogP contribution is -2.02. The topological polar surface area (TPSA) is 26.0 Å². The van der Waals surface area contributed by atoms with Gasteiger partial charge in [0.1, 0.15) is 0 Å². The van der Waals surface area contributed by atoms with Gasteiger partial charge in [-0.25, -0.2) is 0 Å². The van der Waals surface area contributed by atoms with Crippen LogP contribution in [0.15, 0.2) is 64.3 Å². The van der Waals surface area contributed by atoms with Crippen LogP contribution in [0.5, 0.6) is 0 Å². The highest BCUT2D eigenvalue weighted by atomic mass is 127. The van der Waals surface area contributed by atoms with Gasteiger partial charge >= 0.3 is 0 Å². The lowest BCUT2D eigenvalue weighted by atomic mass is 9.83. The Morgan fingerprint density at radius 3 is 2.53 bits per heavy atom. The number of anilines is 1. The molecule has 0 amide bonds. The first kappa shape index (κ1) is 14.1. The van der Waals surface area contributed by atoms with Gasteiger partial charge in [0.2, 0.25) is 0 Å². The summed E-state index contributed by atoms with van der Waals surface area (Å²) in [4.78, 5) is 0. The van der Waals surface area contributed by atoms with Crippen LogP contribution in [0.4, 0.5) is 5.69 Å². The van der Waals surface area contributed by atoms with E-state index >= 15 is 0 Å². The Labute approximate surface area is 128 Å². The van der Waals surface area contributed by atoms with E-state index in [9.17, 15) is 0 Å². The van der Waals surface area contributed by atoms with Gasteiger partial charge in [-0.1, -0.05) is 59.5 Å². The molecule has 0 aromatic heterocycles. The molecule has 0 unspecified atom stereocenters. The number of nitrogens with two attached hydrogens (primary N) is 1. The number of nitrogen functional groups attached to an aromatic ring is 1. The zero-order valence-corrected chi connectivity index (χ0v) is 13.1. The van der Waals surface area contributed by atoms with E-state index in [4.69, 9.17) is 5.73 Å². The minimum Gasteiger partial charge on any atom is -0.399 e. The molecule has 2 rings (SSSR count). The molecule has 0 saturated heterocycles. The van der Waals surface area contributed by atoms with Crippen molar-refractivity contribution in [3.8, 4) is 0 Å². The average molecular weight is 363 g/mol. The van der Waals surface area contributed by atoms with Crippen LogP contribution in [0.25, 0.3) is 5.57 Å². The smallest absolute Gasteiger partial charge is 0.0314 e. The van der Waals surface area contributed by atoms with Gasteiger partial charge in [-0.05, 0) is 57.8 Å². The number of rotatable bonds is 3. The summed E-state index contributed by atoms with van der Waals surface area (Å²) in [5.74, 6) is 0. The molecule has 0 heterocycles. The molecule has 0 bridgehead atoms. The highest BCUT2D eigenvalue weighted by Gasteiger charge is 2.16. The summed E-state index contributed by atoms with van der Waals surface area (Å²) in [5.41, 5.74) is 11.9. The van der Waals surface area contributed by atoms with Gasteiger partial charge in [-0.2, -0.15) is 0 Å². The molecule has 2 heteroatoms. The Hall–Kier alpha value is -1.29. The van der Waals surface area contributed by atoms with Gasteiger partial charge in [-0.3, -0.25) is 0 Å². The third-order valence-electron chi connectivity index (χ3n) is 3.32. The van der Waals surface area contributed by atoms with Gasteiger partial charge in [0.05, 0.1) is 0 Å². The summed E-state index contributed by atoms with van der Waals surface area (Å²) in [5, 5.41) is 0. The predicted octanol–water partition coefficient (Wildman–Crippen LogP) is 5.27. The van der Waals surface area contributed by atoms with Crippen molar-refractivity contribution in [2.45, 2.75) is 19.3 Å². The molecule has 1 aliphatic rings. The van der Waals surface area contributed by atoms with E-state index in [0.29, 0.717) is 0 Å². The summed E-state index contributed by atoms with van der Waals surface area (Å²) in [6.45, 7) is 3.83. The maximum Gasteiger partial charge on any atom is 0.0314 e. The van der Waals surface area contributed by atoms with Crippen LogP contribution in [0.2, 0.25) is 0 Å². The third-order valence-corrected chi connectivity index (χ3v) is 3.68. The molecule has 19 heavy (non-hydrogen) atoms. The van der Waals surface area contributed by atoms with E-state index < -0.39 is 0 Å². The maximum atomic E-state index is 5.78. The first-order chi connectivity index (χ1) is 9.26. The Balaban J connectivity index is 2.57. The van der Waals surface area contributed by atoms with Crippen molar-refractivity contribution in [2.24, 2.45) is 0 Å². The van der Waals surface area contributed by atoms with Crippen LogP contribution in [0.3, 0.4) is 0 Å². The fraction of sp³-hybridized carbons (Fsp3) is 0.176. The maximum absolute atomic E-state index is 5.78. The fourth-order valence-electron chi connectivity index (χ4n) is 2.50. The van der Waals surface area contributed by atoms with Gasteiger partial charge < -0.3 is 5.73 Å². The highest BCUT2D eigenvalue weighted by Crippen LogP contribution is 2.37. The summed E-state index contributed by atoms with van der Waals surface area (Å²) in [7, 11) is 0. The SMILES string of the molecule is C=CC=C1CCCC(/C=C/I)=C1c1ccc(N)cc1. The van der Waals surface area contributed by atoms with Gasteiger partial charge in [0.15, 0.2) is 0 Å². The van der Waals surface area contributed by atoms with Crippen LogP contribution in [0.1, 0.15) is 24.8 Å². The second-order valence-corrected chi connectivity index (χ2v) is 5.32. The second-order valence-electron chi connectivity index (χ2n) is 4.60. The minimum atomic E-state index is 0.806.